The number of aromatic nitrogens is 4. The summed E-state index contributed by atoms with van der Waals surface area (Å²) in [6.45, 7) is 1.62. The van der Waals surface area contributed by atoms with E-state index in [1.54, 1.807) is 6.92 Å². The lowest BCUT2D eigenvalue weighted by Crippen LogP contribution is -2.03. The summed E-state index contributed by atoms with van der Waals surface area (Å²) in [5, 5.41) is 18.4. The number of carbonyl (C=O) groups is 1. The van der Waals surface area contributed by atoms with Crippen LogP contribution in [0.1, 0.15) is 16.1 Å². The Kier molecular flexibility index (Phi) is 2.92. The molecule has 0 aliphatic carbocycles. The highest BCUT2D eigenvalue weighted by Gasteiger charge is 2.17. The van der Waals surface area contributed by atoms with E-state index in [9.17, 15) is 4.79 Å². The van der Waals surface area contributed by atoms with E-state index in [1.807, 2.05) is 0 Å². The maximum atomic E-state index is 11.0. The number of carboxylic acids is 1. The molecule has 0 saturated carbocycles. The molecule has 7 nitrogen and oxygen atoms in total. The van der Waals surface area contributed by atoms with E-state index in [2.05, 4.69) is 25.5 Å². The normalized spacial score (nSPS) is 10.2. The molecule has 0 atom stereocenters. The zero-order chi connectivity index (χ0) is 12.4. The minimum atomic E-state index is -1.08. The van der Waals surface area contributed by atoms with Crippen LogP contribution in [0.3, 0.4) is 0 Å². The molecule has 0 fully saturated rings. The molecule has 0 radical (unpaired) electrons. The molecule has 0 saturated heterocycles. The number of aromatic carboxylic acids is 1. The maximum Gasteiger partial charge on any atom is 0.341 e. The van der Waals surface area contributed by atoms with Gasteiger partial charge in [0.25, 0.3) is 0 Å². The van der Waals surface area contributed by atoms with Gasteiger partial charge < -0.3 is 10.4 Å². The fourth-order valence-corrected chi connectivity index (χ4v) is 1.45. The number of rotatable bonds is 3. The minimum absolute atomic E-state index is 0.0618. The molecule has 17 heavy (non-hydrogen) atoms. The Balaban J connectivity index is 2.33. The zero-order valence-corrected chi connectivity index (χ0v) is 9.49. The Morgan fingerprint density at radius 2 is 2.29 bits per heavy atom. The monoisotopic (exact) mass is 253 g/mol. The van der Waals surface area contributed by atoms with Crippen molar-refractivity contribution in [3.63, 3.8) is 0 Å². The summed E-state index contributed by atoms with van der Waals surface area (Å²) in [7, 11) is 0. The fourth-order valence-electron chi connectivity index (χ4n) is 1.31. The van der Waals surface area contributed by atoms with E-state index >= 15 is 0 Å². The third kappa shape index (κ3) is 2.34. The van der Waals surface area contributed by atoms with Crippen LogP contribution in [-0.4, -0.2) is 31.2 Å². The van der Waals surface area contributed by atoms with Crippen LogP contribution in [0.2, 0.25) is 5.15 Å². The first kappa shape index (κ1) is 11.3. The molecular weight excluding hydrogens is 246 g/mol. The predicted octanol–water partition coefficient (Wildman–Crippen LogP) is 1.60. The first-order chi connectivity index (χ1) is 8.08. The molecule has 2 heterocycles. The van der Waals surface area contributed by atoms with Gasteiger partial charge in [0.05, 0.1) is 12.4 Å². The van der Waals surface area contributed by atoms with Crippen molar-refractivity contribution in [2.24, 2.45) is 0 Å². The number of halogens is 1. The summed E-state index contributed by atoms with van der Waals surface area (Å²) in [5.41, 5.74) is 0.516. The van der Waals surface area contributed by atoms with E-state index in [-0.39, 0.29) is 16.5 Å². The van der Waals surface area contributed by atoms with Gasteiger partial charge in [-0.1, -0.05) is 11.6 Å². The van der Waals surface area contributed by atoms with Gasteiger partial charge in [-0.25, -0.2) is 9.78 Å². The van der Waals surface area contributed by atoms with Gasteiger partial charge in [-0.2, -0.15) is 5.10 Å². The summed E-state index contributed by atoms with van der Waals surface area (Å²) in [6, 6.07) is 0. The first-order valence-electron chi connectivity index (χ1n) is 4.60. The van der Waals surface area contributed by atoms with Crippen molar-refractivity contribution in [1.29, 1.82) is 0 Å². The largest absolute Gasteiger partial charge is 0.477 e. The van der Waals surface area contributed by atoms with Crippen LogP contribution in [-0.2, 0) is 0 Å². The second kappa shape index (κ2) is 4.38. The molecular formula is C9H8ClN5O2. The van der Waals surface area contributed by atoms with Gasteiger partial charge in [-0.3, -0.25) is 10.1 Å². The van der Waals surface area contributed by atoms with E-state index < -0.39 is 5.97 Å². The smallest absolute Gasteiger partial charge is 0.341 e. The van der Waals surface area contributed by atoms with Crippen LogP contribution in [0.5, 0.6) is 0 Å². The molecule has 2 aromatic heterocycles. The average molecular weight is 254 g/mol. The van der Waals surface area contributed by atoms with E-state index in [1.165, 1.54) is 12.4 Å². The number of aromatic amines is 1. The Hall–Kier alpha value is -2.15. The summed E-state index contributed by atoms with van der Waals surface area (Å²) in [5.74, 6) is -0.577. The summed E-state index contributed by atoms with van der Waals surface area (Å²) in [6.07, 6.45) is 2.79. The van der Waals surface area contributed by atoms with Gasteiger partial charge >= 0.3 is 5.97 Å². The van der Waals surface area contributed by atoms with Crippen LogP contribution in [0.25, 0.3) is 0 Å². The van der Waals surface area contributed by atoms with E-state index in [0.29, 0.717) is 11.5 Å². The van der Waals surface area contributed by atoms with E-state index in [4.69, 9.17) is 16.7 Å². The number of hydrogen-bond acceptors (Lipinski definition) is 5. The van der Waals surface area contributed by atoms with Gasteiger partial charge in [-0.15, -0.1) is 0 Å². The van der Waals surface area contributed by atoms with Crippen molar-refractivity contribution in [1.82, 2.24) is 20.2 Å². The summed E-state index contributed by atoms with van der Waals surface area (Å²) < 4.78 is 0. The lowest BCUT2D eigenvalue weighted by Gasteiger charge is -2.02. The molecule has 0 aliphatic rings. The fraction of sp³-hybridized carbons (Fsp3) is 0.111. The SMILES string of the molecule is Cc1[nH]nc(Nc2cncc(Cl)n2)c1C(=O)O. The molecule has 2 rings (SSSR count). The zero-order valence-electron chi connectivity index (χ0n) is 8.73. The molecule has 0 aromatic carbocycles. The van der Waals surface area contributed by atoms with Crippen LogP contribution >= 0.6 is 11.6 Å². The lowest BCUT2D eigenvalue weighted by atomic mass is 10.2. The Morgan fingerprint density at radius 3 is 2.94 bits per heavy atom. The summed E-state index contributed by atoms with van der Waals surface area (Å²) >= 11 is 5.66. The van der Waals surface area contributed by atoms with Crippen molar-refractivity contribution in [2.45, 2.75) is 6.92 Å². The van der Waals surface area contributed by atoms with Crippen LogP contribution < -0.4 is 5.32 Å². The molecule has 0 unspecified atom stereocenters. The van der Waals surface area contributed by atoms with E-state index in [0.717, 1.165) is 0 Å². The van der Waals surface area contributed by atoms with Gasteiger partial charge in [0.15, 0.2) is 11.6 Å². The third-order valence-electron chi connectivity index (χ3n) is 2.01. The topological polar surface area (TPSA) is 104 Å². The van der Waals surface area contributed by atoms with Crippen molar-refractivity contribution < 1.29 is 9.90 Å². The lowest BCUT2D eigenvalue weighted by molar-refractivity contribution is 0.0697. The number of H-pyrrole nitrogens is 1. The van der Waals surface area contributed by atoms with Crippen molar-refractivity contribution in [2.75, 3.05) is 5.32 Å². The molecule has 0 bridgehead atoms. The highest BCUT2D eigenvalue weighted by atomic mass is 35.5. The first-order valence-corrected chi connectivity index (χ1v) is 4.98. The Labute approximate surface area is 101 Å². The molecule has 0 aliphatic heterocycles. The average Bonchev–Trinajstić information content (AvgIpc) is 2.59. The van der Waals surface area contributed by atoms with Crippen molar-refractivity contribution in [3.8, 4) is 0 Å². The van der Waals surface area contributed by atoms with Gasteiger partial charge in [-0.05, 0) is 6.92 Å². The third-order valence-corrected chi connectivity index (χ3v) is 2.19. The Bertz CT molecular complexity index is 568. The van der Waals surface area contributed by atoms with Crippen molar-refractivity contribution >= 4 is 29.2 Å². The molecule has 3 N–H and O–H groups in total. The Morgan fingerprint density at radius 1 is 1.53 bits per heavy atom. The van der Waals surface area contributed by atoms with Gasteiger partial charge in [0.1, 0.15) is 10.7 Å². The highest BCUT2D eigenvalue weighted by molar-refractivity contribution is 6.29. The summed E-state index contributed by atoms with van der Waals surface area (Å²) in [4.78, 5) is 18.7. The second-order valence-electron chi connectivity index (χ2n) is 3.23. The van der Waals surface area contributed by atoms with Crippen LogP contribution in [0, 0.1) is 6.92 Å². The number of aryl methyl sites for hydroxylation is 1. The van der Waals surface area contributed by atoms with Crippen molar-refractivity contribution in [3.05, 3.63) is 28.8 Å². The molecule has 0 amide bonds. The number of anilines is 2. The standard InChI is InChI=1S/C9H8ClN5O2/c1-4-7(9(16)17)8(15-14-4)13-6-3-11-2-5(10)12-6/h2-3H,1H3,(H,16,17)(H2,12,13,14,15). The van der Waals surface area contributed by atoms with Gasteiger partial charge in [0, 0.05) is 5.69 Å². The number of carboxylic acid groups (broad SMARTS) is 1. The predicted molar refractivity (Wildman–Crippen MR) is 60.6 cm³/mol. The van der Waals surface area contributed by atoms with Crippen LogP contribution in [0.4, 0.5) is 11.6 Å². The van der Waals surface area contributed by atoms with Crippen LogP contribution in [0.15, 0.2) is 12.4 Å². The number of nitrogens with zero attached hydrogens (tertiary/aromatic N) is 3. The number of hydrogen-bond donors (Lipinski definition) is 3. The second-order valence-corrected chi connectivity index (χ2v) is 3.62. The molecule has 88 valence electrons. The maximum absolute atomic E-state index is 11.0. The highest BCUT2D eigenvalue weighted by Crippen LogP contribution is 2.19. The quantitative estimate of drug-likeness (QED) is 0.768. The number of nitrogens with one attached hydrogen (secondary N) is 2. The molecule has 8 heteroatoms. The molecule has 2 aromatic rings. The minimum Gasteiger partial charge on any atom is -0.477 e. The molecule has 0 spiro atoms. The van der Waals surface area contributed by atoms with Gasteiger partial charge in [0.2, 0.25) is 0 Å².